The van der Waals surface area contributed by atoms with Gasteiger partial charge in [0.25, 0.3) is 0 Å². The molecule has 1 aromatic heterocycles. The molecule has 0 aliphatic heterocycles. The van der Waals surface area contributed by atoms with E-state index in [0.717, 1.165) is 24.4 Å². The lowest BCUT2D eigenvalue weighted by Crippen LogP contribution is -2.35. The summed E-state index contributed by atoms with van der Waals surface area (Å²) < 4.78 is 28.9. The van der Waals surface area contributed by atoms with Gasteiger partial charge in [-0.3, -0.25) is 0 Å². The van der Waals surface area contributed by atoms with Gasteiger partial charge < -0.3 is 9.88 Å². The molecule has 5 nitrogen and oxygen atoms in total. The zero-order valence-electron chi connectivity index (χ0n) is 13.6. The number of aromatic nitrogens is 1. The van der Waals surface area contributed by atoms with Crippen molar-refractivity contribution in [2.45, 2.75) is 44.3 Å². The number of thioether (sulfide) groups is 1. The van der Waals surface area contributed by atoms with E-state index in [-0.39, 0.29) is 6.04 Å². The summed E-state index contributed by atoms with van der Waals surface area (Å²) in [7, 11) is 0.104. The van der Waals surface area contributed by atoms with Crippen molar-refractivity contribution >= 4 is 21.8 Å². The van der Waals surface area contributed by atoms with Crippen LogP contribution in [0.3, 0.4) is 0 Å². The van der Waals surface area contributed by atoms with Crippen molar-refractivity contribution in [3.8, 4) is 0 Å². The summed E-state index contributed by atoms with van der Waals surface area (Å²) in [5.74, 6) is 0.960. The van der Waals surface area contributed by atoms with Crippen molar-refractivity contribution in [3.63, 3.8) is 0 Å². The first-order chi connectivity index (χ1) is 9.88. The molecule has 7 heteroatoms. The molecule has 1 atom stereocenters. The smallest absolute Gasteiger partial charge is 0.244 e. The highest BCUT2D eigenvalue weighted by Crippen LogP contribution is 2.21. The van der Waals surface area contributed by atoms with Crippen LogP contribution in [-0.4, -0.2) is 49.4 Å². The molecule has 0 aliphatic rings. The zero-order chi connectivity index (χ0) is 16.0. The molecular weight excluding hydrogens is 306 g/mol. The van der Waals surface area contributed by atoms with Crippen LogP contribution in [0.1, 0.15) is 26.0 Å². The zero-order valence-corrected chi connectivity index (χ0v) is 15.2. The van der Waals surface area contributed by atoms with Crippen molar-refractivity contribution in [2.24, 2.45) is 0 Å². The van der Waals surface area contributed by atoms with Gasteiger partial charge in [0.05, 0.1) is 0 Å². The average molecular weight is 334 g/mol. The van der Waals surface area contributed by atoms with E-state index < -0.39 is 10.0 Å². The highest BCUT2D eigenvalue weighted by Gasteiger charge is 2.26. The SMILES string of the molecule is CCn1cc(S(=O)(=O)N(C)C(C)CCSC)cc1CNC. The lowest BCUT2D eigenvalue weighted by atomic mass is 10.3. The van der Waals surface area contributed by atoms with Crippen LogP contribution in [0, 0.1) is 0 Å². The van der Waals surface area contributed by atoms with Gasteiger partial charge in [-0.25, -0.2) is 8.42 Å². The Labute approximate surface area is 133 Å². The highest BCUT2D eigenvalue weighted by molar-refractivity contribution is 7.98. The monoisotopic (exact) mass is 333 g/mol. The van der Waals surface area contributed by atoms with Crippen LogP contribution in [-0.2, 0) is 23.1 Å². The minimum Gasteiger partial charge on any atom is -0.349 e. The highest BCUT2D eigenvalue weighted by atomic mass is 32.2. The Hall–Kier alpha value is -0.500. The van der Waals surface area contributed by atoms with Gasteiger partial charge in [-0.05, 0) is 45.4 Å². The second kappa shape index (κ2) is 8.22. The summed E-state index contributed by atoms with van der Waals surface area (Å²) in [6.45, 7) is 5.40. The van der Waals surface area contributed by atoms with E-state index in [1.54, 1.807) is 31.1 Å². The quantitative estimate of drug-likeness (QED) is 0.751. The second-order valence-electron chi connectivity index (χ2n) is 5.14. The Kier molecular flexibility index (Phi) is 7.26. The molecule has 0 bridgehead atoms. The maximum absolute atomic E-state index is 12.7. The molecule has 0 aromatic carbocycles. The molecule has 0 aliphatic carbocycles. The maximum Gasteiger partial charge on any atom is 0.244 e. The number of hydrogen-bond donors (Lipinski definition) is 1. The summed E-state index contributed by atoms with van der Waals surface area (Å²) in [5.41, 5.74) is 0.990. The molecule has 1 unspecified atom stereocenters. The van der Waals surface area contributed by atoms with Crippen LogP contribution in [0.4, 0.5) is 0 Å². The molecule has 1 aromatic rings. The summed E-state index contributed by atoms with van der Waals surface area (Å²) in [4.78, 5) is 0.383. The standard InChI is InChI=1S/C14H27N3O2S2/c1-6-17-11-14(9-13(17)10-15-3)21(18,19)16(4)12(2)7-8-20-5/h9,11-12,15H,6-8,10H2,1-5H3. The predicted molar refractivity (Wildman–Crippen MR) is 90.3 cm³/mol. The Balaban J connectivity index is 3.01. The van der Waals surface area contributed by atoms with E-state index in [9.17, 15) is 8.42 Å². The molecule has 0 fully saturated rings. The second-order valence-corrected chi connectivity index (χ2v) is 8.12. The van der Waals surface area contributed by atoms with E-state index in [1.165, 1.54) is 4.31 Å². The number of rotatable bonds is 9. The van der Waals surface area contributed by atoms with Gasteiger partial charge in [0.15, 0.2) is 0 Å². The molecule has 1 heterocycles. The Bertz CT molecular complexity index is 540. The molecule has 0 spiro atoms. The van der Waals surface area contributed by atoms with E-state index in [4.69, 9.17) is 0 Å². The first kappa shape index (κ1) is 18.5. The largest absolute Gasteiger partial charge is 0.349 e. The van der Waals surface area contributed by atoms with E-state index in [1.807, 2.05) is 31.7 Å². The van der Waals surface area contributed by atoms with Crippen molar-refractivity contribution in [1.82, 2.24) is 14.2 Å². The number of aryl methyl sites for hydroxylation is 1. The molecule has 1 N–H and O–H groups in total. The van der Waals surface area contributed by atoms with Crippen LogP contribution in [0.25, 0.3) is 0 Å². The minimum absolute atomic E-state index is 0.000164. The third kappa shape index (κ3) is 4.48. The topological polar surface area (TPSA) is 54.3 Å². The summed E-state index contributed by atoms with van der Waals surface area (Å²) in [6, 6.07) is 1.77. The fourth-order valence-corrected chi connectivity index (χ4v) is 4.20. The van der Waals surface area contributed by atoms with Crippen LogP contribution in [0.2, 0.25) is 0 Å². The lowest BCUT2D eigenvalue weighted by molar-refractivity contribution is 0.382. The molecule has 0 saturated heterocycles. The van der Waals surface area contributed by atoms with Gasteiger partial charge in [0.1, 0.15) is 4.90 Å². The first-order valence-electron chi connectivity index (χ1n) is 7.19. The third-order valence-corrected chi connectivity index (χ3v) is 6.28. The molecule has 0 radical (unpaired) electrons. The Morgan fingerprint density at radius 3 is 2.67 bits per heavy atom. The first-order valence-corrected chi connectivity index (χ1v) is 10.0. The van der Waals surface area contributed by atoms with Gasteiger partial charge >= 0.3 is 0 Å². The number of sulfonamides is 1. The Morgan fingerprint density at radius 1 is 1.48 bits per heavy atom. The molecule has 21 heavy (non-hydrogen) atoms. The van der Waals surface area contributed by atoms with Crippen molar-refractivity contribution in [2.75, 3.05) is 26.1 Å². The van der Waals surface area contributed by atoms with Crippen molar-refractivity contribution < 1.29 is 8.42 Å². The number of hydrogen-bond acceptors (Lipinski definition) is 4. The molecule has 122 valence electrons. The predicted octanol–water partition coefficient (Wildman–Crippen LogP) is 1.99. The lowest BCUT2D eigenvalue weighted by Gasteiger charge is -2.23. The van der Waals surface area contributed by atoms with Gasteiger partial charge in [0, 0.05) is 38.1 Å². The van der Waals surface area contributed by atoms with Gasteiger partial charge in [-0.2, -0.15) is 16.1 Å². The molecule has 0 saturated carbocycles. The van der Waals surface area contributed by atoms with E-state index in [0.29, 0.717) is 11.4 Å². The van der Waals surface area contributed by atoms with Gasteiger partial charge in [-0.15, -0.1) is 0 Å². The number of nitrogens with one attached hydrogen (secondary N) is 1. The van der Waals surface area contributed by atoms with Crippen LogP contribution >= 0.6 is 11.8 Å². The average Bonchev–Trinajstić information content (AvgIpc) is 2.88. The molecule has 1 rings (SSSR count). The van der Waals surface area contributed by atoms with Crippen LogP contribution in [0.15, 0.2) is 17.2 Å². The molecule has 0 amide bonds. The summed E-state index contributed by atoms with van der Waals surface area (Å²) in [5, 5.41) is 3.07. The summed E-state index contributed by atoms with van der Waals surface area (Å²) >= 11 is 1.74. The van der Waals surface area contributed by atoms with Gasteiger partial charge in [-0.1, -0.05) is 0 Å². The van der Waals surface area contributed by atoms with E-state index in [2.05, 4.69) is 5.32 Å². The third-order valence-electron chi connectivity index (χ3n) is 3.70. The van der Waals surface area contributed by atoms with Crippen LogP contribution in [0.5, 0.6) is 0 Å². The molecular formula is C14H27N3O2S2. The number of nitrogens with zero attached hydrogens (tertiary/aromatic N) is 2. The fraction of sp³-hybridized carbons (Fsp3) is 0.714. The summed E-state index contributed by atoms with van der Waals surface area (Å²) in [6.07, 6.45) is 4.63. The van der Waals surface area contributed by atoms with E-state index >= 15 is 0 Å². The maximum atomic E-state index is 12.7. The van der Waals surface area contributed by atoms with Crippen molar-refractivity contribution in [1.29, 1.82) is 0 Å². The fourth-order valence-electron chi connectivity index (χ4n) is 2.16. The van der Waals surface area contributed by atoms with Crippen molar-refractivity contribution in [3.05, 3.63) is 18.0 Å². The Morgan fingerprint density at radius 2 is 2.14 bits per heavy atom. The van der Waals surface area contributed by atoms with Crippen LogP contribution < -0.4 is 5.32 Å². The van der Waals surface area contributed by atoms with Gasteiger partial charge in [0.2, 0.25) is 10.0 Å². The normalized spacial score (nSPS) is 13.8. The minimum atomic E-state index is -3.42.